The minimum atomic E-state index is 0.00512. The van der Waals surface area contributed by atoms with E-state index in [1.807, 2.05) is 12.1 Å². The van der Waals surface area contributed by atoms with Crippen molar-refractivity contribution in [1.82, 2.24) is 4.98 Å². The average molecular weight is 229 g/mol. The summed E-state index contributed by atoms with van der Waals surface area (Å²) in [7, 11) is 0. The predicted octanol–water partition coefficient (Wildman–Crippen LogP) is 2.46. The van der Waals surface area contributed by atoms with Gasteiger partial charge < -0.3 is 9.84 Å². The third-order valence-electron chi connectivity index (χ3n) is 2.45. The van der Waals surface area contributed by atoms with Crippen LogP contribution in [0.2, 0.25) is 0 Å². The van der Waals surface area contributed by atoms with E-state index >= 15 is 0 Å². The van der Waals surface area contributed by atoms with Crippen molar-refractivity contribution < 1.29 is 9.84 Å². The number of nitrogens with zero attached hydrogens (tertiary/aromatic N) is 1. The Kier molecular flexibility index (Phi) is 3.73. The van der Waals surface area contributed by atoms with Crippen molar-refractivity contribution in [2.75, 3.05) is 0 Å². The van der Waals surface area contributed by atoms with E-state index in [0.29, 0.717) is 12.5 Å². The molecule has 88 valence electrons. The van der Waals surface area contributed by atoms with Gasteiger partial charge in [-0.1, -0.05) is 29.8 Å². The fraction of sp³-hybridized carbons (Fsp3) is 0.214. The summed E-state index contributed by atoms with van der Waals surface area (Å²) in [6, 6.07) is 11.7. The molecule has 0 radical (unpaired) electrons. The lowest BCUT2D eigenvalue weighted by atomic mass is 10.1. The molecule has 0 amide bonds. The first-order valence-electron chi connectivity index (χ1n) is 5.52. The van der Waals surface area contributed by atoms with Crippen molar-refractivity contribution in [3.8, 4) is 5.88 Å². The molecule has 0 spiro atoms. The van der Waals surface area contributed by atoms with Crippen molar-refractivity contribution in [1.29, 1.82) is 0 Å². The number of aliphatic hydroxyl groups excluding tert-OH is 1. The molecule has 0 aliphatic heterocycles. The smallest absolute Gasteiger partial charge is 0.213 e. The summed E-state index contributed by atoms with van der Waals surface area (Å²) in [6.45, 7) is 2.57. The lowest BCUT2D eigenvalue weighted by Crippen LogP contribution is -1.97. The summed E-state index contributed by atoms with van der Waals surface area (Å²) in [4.78, 5) is 4.10. The van der Waals surface area contributed by atoms with Crippen LogP contribution in [0, 0.1) is 6.92 Å². The van der Waals surface area contributed by atoms with E-state index in [0.717, 1.165) is 11.1 Å². The molecule has 0 bridgehead atoms. The van der Waals surface area contributed by atoms with Gasteiger partial charge in [0, 0.05) is 12.3 Å². The summed E-state index contributed by atoms with van der Waals surface area (Å²) in [5, 5.41) is 8.89. The summed E-state index contributed by atoms with van der Waals surface area (Å²) in [5.74, 6) is 0.573. The largest absolute Gasteiger partial charge is 0.473 e. The van der Waals surface area contributed by atoms with Gasteiger partial charge in [-0.15, -0.1) is 0 Å². The summed E-state index contributed by atoms with van der Waals surface area (Å²) < 4.78 is 5.55. The first-order valence-corrected chi connectivity index (χ1v) is 5.52. The molecule has 3 heteroatoms. The molecule has 0 atom stereocenters. The zero-order valence-corrected chi connectivity index (χ0v) is 9.76. The Bertz CT molecular complexity index is 480. The molecular weight excluding hydrogens is 214 g/mol. The quantitative estimate of drug-likeness (QED) is 0.875. The van der Waals surface area contributed by atoms with Crippen LogP contribution in [0.5, 0.6) is 5.88 Å². The molecule has 0 aliphatic rings. The number of pyridine rings is 1. The molecule has 0 saturated carbocycles. The van der Waals surface area contributed by atoms with Gasteiger partial charge in [0.15, 0.2) is 0 Å². The highest BCUT2D eigenvalue weighted by Gasteiger charge is 1.98. The lowest BCUT2D eigenvalue weighted by Gasteiger charge is -2.06. The first kappa shape index (κ1) is 11.6. The van der Waals surface area contributed by atoms with Gasteiger partial charge in [0.1, 0.15) is 6.61 Å². The van der Waals surface area contributed by atoms with Crippen LogP contribution in [0.4, 0.5) is 0 Å². The van der Waals surface area contributed by atoms with Gasteiger partial charge in [-0.2, -0.15) is 0 Å². The third-order valence-corrected chi connectivity index (χ3v) is 2.45. The lowest BCUT2D eigenvalue weighted by molar-refractivity contribution is 0.278. The van der Waals surface area contributed by atoms with Gasteiger partial charge in [0.2, 0.25) is 5.88 Å². The van der Waals surface area contributed by atoms with Crippen LogP contribution in [-0.4, -0.2) is 10.1 Å². The van der Waals surface area contributed by atoms with Crippen LogP contribution in [0.15, 0.2) is 42.6 Å². The van der Waals surface area contributed by atoms with E-state index < -0.39 is 0 Å². The first-order chi connectivity index (χ1) is 8.28. The molecule has 2 aromatic rings. The number of hydrogen-bond donors (Lipinski definition) is 1. The normalized spacial score (nSPS) is 10.2. The summed E-state index contributed by atoms with van der Waals surface area (Å²) >= 11 is 0. The summed E-state index contributed by atoms with van der Waals surface area (Å²) in [6.07, 6.45) is 1.62. The molecule has 1 N–H and O–H groups in total. The molecule has 2 rings (SSSR count). The van der Waals surface area contributed by atoms with Gasteiger partial charge >= 0.3 is 0 Å². The second-order valence-electron chi connectivity index (χ2n) is 3.94. The van der Waals surface area contributed by atoms with Gasteiger partial charge in [0.05, 0.1) is 6.61 Å². The maximum absolute atomic E-state index is 8.89. The molecule has 1 aromatic heterocycles. The minimum Gasteiger partial charge on any atom is -0.473 e. The molecule has 1 heterocycles. The number of benzene rings is 1. The monoisotopic (exact) mass is 229 g/mol. The number of hydrogen-bond acceptors (Lipinski definition) is 3. The number of aromatic nitrogens is 1. The second kappa shape index (κ2) is 5.46. The molecular formula is C14H15NO2. The SMILES string of the molecule is Cc1cccc(COc2ccc(CO)cn2)c1. The van der Waals surface area contributed by atoms with E-state index in [-0.39, 0.29) is 6.61 Å². The molecule has 1 aromatic carbocycles. The van der Waals surface area contributed by atoms with Crippen LogP contribution in [0.1, 0.15) is 16.7 Å². The van der Waals surface area contributed by atoms with Gasteiger partial charge in [0.25, 0.3) is 0 Å². The van der Waals surface area contributed by atoms with E-state index in [1.165, 1.54) is 5.56 Å². The van der Waals surface area contributed by atoms with Gasteiger partial charge in [-0.25, -0.2) is 4.98 Å². The highest BCUT2D eigenvalue weighted by Crippen LogP contribution is 2.11. The maximum Gasteiger partial charge on any atom is 0.213 e. The number of ether oxygens (including phenoxy) is 1. The minimum absolute atomic E-state index is 0.00512. The molecule has 0 saturated heterocycles. The van der Waals surface area contributed by atoms with Crippen LogP contribution >= 0.6 is 0 Å². The Hall–Kier alpha value is -1.87. The van der Waals surface area contributed by atoms with Gasteiger partial charge in [-0.3, -0.25) is 0 Å². The average Bonchev–Trinajstić information content (AvgIpc) is 2.37. The maximum atomic E-state index is 8.89. The van der Waals surface area contributed by atoms with E-state index in [9.17, 15) is 0 Å². The molecule has 0 aliphatic carbocycles. The Morgan fingerprint density at radius 1 is 1.18 bits per heavy atom. The zero-order chi connectivity index (χ0) is 12.1. The standard InChI is InChI=1S/C14H15NO2/c1-11-3-2-4-12(7-11)10-17-14-6-5-13(9-16)8-15-14/h2-8,16H,9-10H2,1H3. The summed E-state index contributed by atoms with van der Waals surface area (Å²) in [5.41, 5.74) is 3.13. The number of rotatable bonds is 4. The topological polar surface area (TPSA) is 42.4 Å². The molecule has 3 nitrogen and oxygen atoms in total. The van der Waals surface area contributed by atoms with Crippen LogP contribution in [-0.2, 0) is 13.2 Å². The predicted molar refractivity (Wildman–Crippen MR) is 65.7 cm³/mol. The van der Waals surface area contributed by atoms with E-state index in [1.54, 1.807) is 18.3 Å². The van der Waals surface area contributed by atoms with E-state index in [2.05, 4.69) is 24.0 Å². The van der Waals surface area contributed by atoms with Crippen molar-refractivity contribution >= 4 is 0 Å². The zero-order valence-electron chi connectivity index (χ0n) is 9.76. The number of aryl methyl sites for hydroxylation is 1. The Balaban J connectivity index is 1.97. The van der Waals surface area contributed by atoms with Crippen molar-refractivity contribution in [2.24, 2.45) is 0 Å². The molecule has 0 fully saturated rings. The van der Waals surface area contributed by atoms with Crippen molar-refractivity contribution in [3.63, 3.8) is 0 Å². The third kappa shape index (κ3) is 3.29. The second-order valence-corrected chi connectivity index (χ2v) is 3.94. The van der Waals surface area contributed by atoms with Crippen LogP contribution in [0.25, 0.3) is 0 Å². The Labute approximate surface area is 101 Å². The highest BCUT2D eigenvalue weighted by atomic mass is 16.5. The Morgan fingerprint density at radius 3 is 2.71 bits per heavy atom. The van der Waals surface area contributed by atoms with Crippen molar-refractivity contribution in [3.05, 3.63) is 59.3 Å². The van der Waals surface area contributed by atoms with Crippen molar-refractivity contribution in [2.45, 2.75) is 20.1 Å². The van der Waals surface area contributed by atoms with Gasteiger partial charge in [-0.05, 0) is 24.1 Å². The molecule has 0 unspecified atom stereocenters. The van der Waals surface area contributed by atoms with Crippen LogP contribution < -0.4 is 4.74 Å². The fourth-order valence-corrected chi connectivity index (χ4v) is 1.55. The fourth-order valence-electron chi connectivity index (χ4n) is 1.55. The highest BCUT2D eigenvalue weighted by molar-refractivity contribution is 5.22. The van der Waals surface area contributed by atoms with Crippen LogP contribution in [0.3, 0.4) is 0 Å². The molecule has 17 heavy (non-hydrogen) atoms. The van der Waals surface area contributed by atoms with E-state index in [4.69, 9.17) is 9.84 Å². The Morgan fingerprint density at radius 2 is 2.06 bits per heavy atom. The number of aliphatic hydroxyl groups is 1.